The smallest absolute Gasteiger partial charge is 0.0588 e. The number of benzene rings is 1. The summed E-state index contributed by atoms with van der Waals surface area (Å²) in [6, 6.07) is 6.88. The first-order chi connectivity index (χ1) is 8.81. The normalized spacial score (nSPS) is 19.9. The van der Waals surface area contributed by atoms with Crippen molar-refractivity contribution in [3.63, 3.8) is 0 Å². The first-order valence-electron chi connectivity index (χ1n) is 7.21. The van der Waals surface area contributed by atoms with Crippen LogP contribution in [0.3, 0.4) is 0 Å². The second-order valence-corrected chi connectivity index (χ2v) is 7.07. The van der Waals surface area contributed by atoms with E-state index in [1.807, 2.05) is 0 Å². The highest BCUT2D eigenvalue weighted by Gasteiger charge is 2.45. The van der Waals surface area contributed by atoms with Gasteiger partial charge >= 0.3 is 0 Å². The molecule has 2 rings (SSSR count). The van der Waals surface area contributed by atoms with Crippen LogP contribution in [0.4, 0.5) is 0 Å². The van der Waals surface area contributed by atoms with Crippen molar-refractivity contribution < 1.29 is 4.74 Å². The van der Waals surface area contributed by atoms with Crippen molar-refractivity contribution in [2.24, 2.45) is 11.7 Å². The number of hydrogen-bond donors (Lipinski definition) is 1. The minimum Gasteiger partial charge on any atom is -0.379 e. The van der Waals surface area contributed by atoms with Crippen molar-refractivity contribution in [3.8, 4) is 0 Å². The van der Waals surface area contributed by atoms with Crippen LogP contribution >= 0.6 is 0 Å². The van der Waals surface area contributed by atoms with Crippen LogP contribution in [-0.2, 0) is 15.6 Å². The molecule has 2 nitrogen and oxygen atoms in total. The Kier molecular flexibility index (Phi) is 3.76. The lowest BCUT2D eigenvalue weighted by atomic mass is 9.67. The van der Waals surface area contributed by atoms with E-state index in [1.165, 1.54) is 16.7 Å². The first kappa shape index (κ1) is 14.5. The molecule has 1 heterocycles. The van der Waals surface area contributed by atoms with Gasteiger partial charge in [0.15, 0.2) is 0 Å². The fourth-order valence-electron chi connectivity index (χ4n) is 2.88. The van der Waals surface area contributed by atoms with Gasteiger partial charge in [0.25, 0.3) is 0 Å². The van der Waals surface area contributed by atoms with Gasteiger partial charge in [-0.25, -0.2) is 0 Å². The summed E-state index contributed by atoms with van der Waals surface area (Å²) in [5, 5.41) is 0. The molecule has 19 heavy (non-hydrogen) atoms. The Morgan fingerprint density at radius 3 is 2.37 bits per heavy atom. The third-order valence-corrected chi connectivity index (χ3v) is 4.66. The topological polar surface area (TPSA) is 35.2 Å². The minimum absolute atomic E-state index is 0.125. The van der Waals surface area contributed by atoms with Crippen molar-refractivity contribution in [2.75, 3.05) is 19.8 Å². The van der Waals surface area contributed by atoms with Crippen molar-refractivity contribution in [3.05, 3.63) is 34.9 Å². The molecule has 1 saturated heterocycles. The quantitative estimate of drug-likeness (QED) is 0.907. The summed E-state index contributed by atoms with van der Waals surface area (Å²) < 4.78 is 5.54. The zero-order valence-corrected chi connectivity index (χ0v) is 12.9. The van der Waals surface area contributed by atoms with Crippen LogP contribution in [0.5, 0.6) is 0 Å². The van der Waals surface area contributed by atoms with E-state index in [1.54, 1.807) is 0 Å². The highest BCUT2D eigenvalue weighted by atomic mass is 16.5. The molecule has 1 aliphatic rings. The van der Waals surface area contributed by atoms with Crippen molar-refractivity contribution in [2.45, 2.75) is 45.4 Å². The average Bonchev–Trinajstić information content (AvgIpc) is 2.28. The largest absolute Gasteiger partial charge is 0.379 e. The summed E-state index contributed by atoms with van der Waals surface area (Å²) in [4.78, 5) is 0. The van der Waals surface area contributed by atoms with Crippen LogP contribution < -0.4 is 5.73 Å². The maximum Gasteiger partial charge on any atom is 0.0588 e. The van der Waals surface area contributed by atoms with Crippen molar-refractivity contribution >= 4 is 0 Å². The zero-order valence-electron chi connectivity index (χ0n) is 12.9. The Morgan fingerprint density at radius 1 is 1.32 bits per heavy atom. The lowest BCUT2D eigenvalue weighted by Gasteiger charge is -2.47. The van der Waals surface area contributed by atoms with E-state index in [0.29, 0.717) is 12.5 Å². The Bertz CT molecular complexity index is 455. The van der Waals surface area contributed by atoms with Crippen LogP contribution in [0.1, 0.15) is 44.4 Å². The third-order valence-electron chi connectivity index (χ3n) is 4.66. The van der Waals surface area contributed by atoms with Gasteiger partial charge in [-0.3, -0.25) is 0 Å². The average molecular weight is 261 g/mol. The van der Waals surface area contributed by atoms with Crippen LogP contribution in [0, 0.1) is 12.8 Å². The van der Waals surface area contributed by atoms with Crippen LogP contribution in [0.2, 0.25) is 0 Å². The van der Waals surface area contributed by atoms with Crippen molar-refractivity contribution in [1.29, 1.82) is 0 Å². The van der Waals surface area contributed by atoms with E-state index < -0.39 is 0 Å². The lowest BCUT2D eigenvalue weighted by molar-refractivity contribution is -0.0857. The molecule has 0 aromatic heterocycles. The van der Waals surface area contributed by atoms with Gasteiger partial charge in [0.1, 0.15) is 0 Å². The molecule has 2 heteroatoms. The molecule has 1 unspecified atom stereocenters. The van der Waals surface area contributed by atoms with Gasteiger partial charge in [0, 0.05) is 5.41 Å². The molecule has 1 atom stereocenters. The van der Waals surface area contributed by atoms with Crippen LogP contribution in [0.25, 0.3) is 0 Å². The Morgan fingerprint density at radius 2 is 1.95 bits per heavy atom. The van der Waals surface area contributed by atoms with Gasteiger partial charge in [-0.05, 0) is 41.5 Å². The van der Waals surface area contributed by atoms with E-state index in [9.17, 15) is 0 Å². The van der Waals surface area contributed by atoms with E-state index in [4.69, 9.17) is 10.5 Å². The Hall–Kier alpha value is -0.860. The highest BCUT2D eigenvalue weighted by Crippen LogP contribution is 2.42. The summed E-state index contributed by atoms with van der Waals surface area (Å²) in [5.41, 5.74) is 10.4. The molecule has 0 radical (unpaired) electrons. The van der Waals surface area contributed by atoms with Gasteiger partial charge in [-0.15, -0.1) is 0 Å². The van der Waals surface area contributed by atoms with Gasteiger partial charge in [0.2, 0.25) is 0 Å². The summed E-state index contributed by atoms with van der Waals surface area (Å²) in [5.74, 6) is 0.454. The second-order valence-electron chi connectivity index (χ2n) is 7.07. The molecule has 1 fully saturated rings. The number of rotatable bonds is 3. The van der Waals surface area contributed by atoms with Crippen LogP contribution in [-0.4, -0.2) is 19.8 Å². The summed E-state index contributed by atoms with van der Waals surface area (Å²) in [7, 11) is 0. The van der Waals surface area contributed by atoms with Gasteiger partial charge < -0.3 is 10.5 Å². The third kappa shape index (κ3) is 2.44. The molecule has 1 aliphatic heterocycles. The van der Waals surface area contributed by atoms with Crippen molar-refractivity contribution in [1.82, 2.24) is 0 Å². The van der Waals surface area contributed by atoms with Gasteiger partial charge in [0.05, 0.1) is 13.2 Å². The fourth-order valence-corrected chi connectivity index (χ4v) is 2.88. The maximum atomic E-state index is 5.92. The summed E-state index contributed by atoms with van der Waals surface area (Å²) >= 11 is 0. The SMILES string of the molecule is Cc1ccc(C(C)(C)C)cc1C1(C(C)CN)COC1. The predicted molar refractivity (Wildman–Crippen MR) is 80.6 cm³/mol. The molecule has 0 spiro atoms. The fraction of sp³-hybridized carbons (Fsp3) is 0.647. The monoisotopic (exact) mass is 261 g/mol. The Labute approximate surface area is 117 Å². The minimum atomic E-state index is 0.125. The number of ether oxygens (including phenoxy) is 1. The molecule has 1 aromatic rings. The highest BCUT2D eigenvalue weighted by molar-refractivity contribution is 5.41. The van der Waals surface area contributed by atoms with E-state index in [0.717, 1.165) is 13.2 Å². The molecule has 2 N–H and O–H groups in total. The standard InChI is InChI=1S/C17H27NO/c1-12-6-7-14(16(3,4)5)8-15(12)17(10-19-11-17)13(2)9-18/h6-8,13H,9-11,18H2,1-5H3. The maximum absolute atomic E-state index is 5.92. The molecule has 0 bridgehead atoms. The van der Waals surface area contributed by atoms with Crippen LogP contribution in [0.15, 0.2) is 18.2 Å². The predicted octanol–water partition coefficient (Wildman–Crippen LogP) is 3.16. The molecular weight excluding hydrogens is 234 g/mol. The second kappa shape index (κ2) is 4.92. The molecule has 0 amide bonds. The number of nitrogens with two attached hydrogens (primary N) is 1. The Balaban J connectivity index is 2.49. The summed E-state index contributed by atoms with van der Waals surface area (Å²) in [6.45, 7) is 13.5. The summed E-state index contributed by atoms with van der Waals surface area (Å²) in [6.07, 6.45) is 0. The molecular formula is C17H27NO. The molecule has 0 saturated carbocycles. The number of aryl methyl sites for hydroxylation is 1. The van der Waals surface area contributed by atoms with E-state index in [-0.39, 0.29) is 10.8 Å². The zero-order chi connectivity index (χ0) is 14.3. The van der Waals surface area contributed by atoms with Gasteiger partial charge in [-0.1, -0.05) is 45.9 Å². The first-order valence-corrected chi connectivity index (χ1v) is 7.21. The van der Waals surface area contributed by atoms with Gasteiger partial charge in [-0.2, -0.15) is 0 Å². The molecule has 0 aliphatic carbocycles. The molecule has 106 valence electrons. The molecule has 1 aromatic carbocycles. The number of hydrogen-bond acceptors (Lipinski definition) is 2. The van der Waals surface area contributed by atoms with E-state index in [2.05, 4.69) is 52.8 Å². The van der Waals surface area contributed by atoms with E-state index >= 15 is 0 Å². The lowest BCUT2D eigenvalue weighted by Crippen LogP contribution is -2.54.